The Morgan fingerprint density at radius 2 is 1.40 bits per heavy atom. The summed E-state index contributed by atoms with van der Waals surface area (Å²) >= 11 is 0. The summed E-state index contributed by atoms with van der Waals surface area (Å²) in [5.41, 5.74) is 2.65. The fraction of sp³-hybridized carbons (Fsp3) is 0.158. The maximum absolute atomic E-state index is 9.41. The molecule has 25 heavy (non-hydrogen) atoms. The first kappa shape index (κ1) is 16.6. The second kappa shape index (κ2) is 7.53. The lowest BCUT2D eigenvalue weighted by molar-refractivity contribution is 0.475. The van der Waals surface area contributed by atoms with Crippen LogP contribution >= 0.6 is 0 Å². The maximum atomic E-state index is 9.41. The summed E-state index contributed by atoms with van der Waals surface area (Å²) in [6.45, 7) is 2.10. The third-order valence-electron chi connectivity index (χ3n) is 3.64. The number of phenols is 2. The van der Waals surface area contributed by atoms with Gasteiger partial charge in [-0.15, -0.1) is 0 Å². The Hall–Kier alpha value is -3.28. The summed E-state index contributed by atoms with van der Waals surface area (Å²) in [4.78, 5) is 8.94. The zero-order chi connectivity index (χ0) is 17.6. The molecule has 0 radical (unpaired) electrons. The standard InChI is InChI=1S/C19H20N4O2/c1-2-3-13-12-20-19(22-15-6-10-17(25)11-7-15)23-18(13)21-14-4-8-16(24)9-5-14/h4-12,24-25H,2-3H2,1H3,(H2,20,21,22,23). The quantitative estimate of drug-likeness (QED) is 0.501. The minimum atomic E-state index is 0.208. The second-order valence-electron chi connectivity index (χ2n) is 5.66. The molecule has 6 heteroatoms. The normalized spacial score (nSPS) is 10.4. The van der Waals surface area contributed by atoms with E-state index in [0.29, 0.717) is 5.95 Å². The van der Waals surface area contributed by atoms with Crippen LogP contribution in [-0.2, 0) is 6.42 Å². The molecule has 3 rings (SSSR count). The van der Waals surface area contributed by atoms with E-state index in [-0.39, 0.29) is 11.5 Å². The molecule has 2 aromatic carbocycles. The molecule has 0 unspecified atom stereocenters. The van der Waals surface area contributed by atoms with Gasteiger partial charge in [-0.25, -0.2) is 4.98 Å². The monoisotopic (exact) mass is 336 g/mol. The highest BCUT2D eigenvalue weighted by molar-refractivity contribution is 5.63. The summed E-state index contributed by atoms with van der Waals surface area (Å²) in [7, 11) is 0. The van der Waals surface area contributed by atoms with E-state index in [0.717, 1.165) is 35.6 Å². The van der Waals surface area contributed by atoms with Crippen molar-refractivity contribution in [2.24, 2.45) is 0 Å². The maximum Gasteiger partial charge on any atom is 0.229 e. The summed E-state index contributed by atoms with van der Waals surface area (Å²) in [5.74, 6) is 1.62. The lowest BCUT2D eigenvalue weighted by atomic mass is 10.2. The van der Waals surface area contributed by atoms with Crippen molar-refractivity contribution in [3.8, 4) is 11.5 Å². The number of rotatable bonds is 6. The molecule has 1 aromatic heterocycles. The summed E-state index contributed by atoms with van der Waals surface area (Å²) in [6, 6.07) is 13.5. The average molecular weight is 336 g/mol. The van der Waals surface area contributed by atoms with Crippen LogP contribution in [0, 0.1) is 0 Å². The zero-order valence-corrected chi connectivity index (χ0v) is 13.9. The fourth-order valence-electron chi connectivity index (χ4n) is 2.38. The van der Waals surface area contributed by atoms with Crippen LogP contribution in [0.2, 0.25) is 0 Å². The Bertz CT molecular complexity index is 833. The van der Waals surface area contributed by atoms with E-state index >= 15 is 0 Å². The van der Waals surface area contributed by atoms with E-state index in [9.17, 15) is 10.2 Å². The van der Waals surface area contributed by atoms with Crippen LogP contribution in [0.3, 0.4) is 0 Å². The minimum Gasteiger partial charge on any atom is -0.508 e. The molecule has 0 aliphatic carbocycles. The lowest BCUT2D eigenvalue weighted by Gasteiger charge is -2.13. The van der Waals surface area contributed by atoms with Gasteiger partial charge >= 0.3 is 0 Å². The third-order valence-corrected chi connectivity index (χ3v) is 3.64. The van der Waals surface area contributed by atoms with Gasteiger partial charge in [-0.05, 0) is 55.0 Å². The number of nitrogens with one attached hydrogen (secondary N) is 2. The van der Waals surface area contributed by atoms with Crippen LogP contribution in [0.4, 0.5) is 23.1 Å². The van der Waals surface area contributed by atoms with Crippen molar-refractivity contribution in [1.29, 1.82) is 0 Å². The molecule has 4 N–H and O–H groups in total. The van der Waals surface area contributed by atoms with Crippen LogP contribution in [0.15, 0.2) is 54.7 Å². The molecule has 3 aromatic rings. The topological polar surface area (TPSA) is 90.3 Å². The number of phenolic OH excluding ortho intramolecular Hbond substituents is 2. The molecule has 0 fully saturated rings. The molecule has 0 saturated carbocycles. The van der Waals surface area contributed by atoms with E-state index in [2.05, 4.69) is 27.5 Å². The van der Waals surface area contributed by atoms with Gasteiger partial charge in [0.25, 0.3) is 0 Å². The minimum absolute atomic E-state index is 0.208. The van der Waals surface area contributed by atoms with Gasteiger partial charge in [-0.2, -0.15) is 4.98 Å². The number of anilines is 4. The highest BCUT2D eigenvalue weighted by Gasteiger charge is 2.08. The first-order valence-electron chi connectivity index (χ1n) is 8.12. The molecule has 0 atom stereocenters. The van der Waals surface area contributed by atoms with Crippen molar-refractivity contribution in [3.63, 3.8) is 0 Å². The van der Waals surface area contributed by atoms with Crippen molar-refractivity contribution in [1.82, 2.24) is 9.97 Å². The molecule has 0 aliphatic rings. The Kier molecular flexibility index (Phi) is 4.99. The number of benzene rings is 2. The molecule has 0 amide bonds. The average Bonchev–Trinajstić information content (AvgIpc) is 2.61. The van der Waals surface area contributed by atoms with Crippen molar-refractivity contribution in [2.75, 3.05) is 10.6 Å². The van der Waals surface area contributed by atoms with Gasteiger partial charge in [0.15, 0.2) is 0 Å². The predicted octanol–water partition coefficient (Wildman–Crippen LogP) is 4.33. The molecule has 0 saturated heterocycles. The predicted molar refractivity (Wildman–Crippen MR) is 98.8 cm³/mol. The van der Waals surface area contributed by atoms with Crippen LogP contribution in [0.5, 0.6) is 11.5 Å². The lowest BCUT2D eigenvalue weighted by Crippen LogP contribution is -2.04. The number of hydrogen-bond donors (Lipinski definition) is 4. The first-order chi connectivity index (χ1) is 12.1. The van der Waals surface area contributed by atoms with Crippen LogP contribution < -0.4 is 10.6 Å². The molecular weight excluding hydrogens is 316 g/mol. The zero-order valence-electron chi connectivity index (χ0n) is 13.9. The summed E-state index contributed by atoms with van der Waals surface area (Å²) in [5, 5.41) is 25.2. The summed E-state index contributed by atoms with van der Waals surface area (Å²) in [6.07, 6.45) is 3.65. The third kappa shape index (κ3) is 4.38. The number of aromatic hydroxyl groups is 2. The molecule has 128 valence electrons. The number of aryl methyl sites for hydroxylation is 1. The van der Waals surface area contributed by atoms with Gasteiger partial charge < -0.3 is 20.8 Å². The Morgan fingerprint density at radius 3 is 1.96 bits per heavy atom. The highest BCUT2D eigenvalue weighted by Crippen LogP contribution is 2.24. The van der Waals surface area contributed by atoms with Gasteiger partial charge in [0.05, 0.1) is 0 Å². The number of aromatic nitrogens is 2. The molecule has 1 heterocycles. The van der Waals surface area contributed by atoms with Crippen molar-refractivity contribution < 1.29 is 10.2 Å². The van der Waals surface area contributed by atoms with Gasteiger partial charge in [-0.1, -0.05) is 13.3 Å². The van der Waals surface area contributed by atoms with Crippen molar-refractivity contribution in [3.05, 3.63) is 60.3 Å². The first-order valence-corrected chi connectivity index (χ1v) is 8.12. The Balaban J connectivity index is 1.85. The van der Waals surface area contributed by atoms with Crippen molar-refractivity contribution in [2.45, 2.75) is 19.8 Å². The number of hydrogen-bond acceptors (Lipinski definition) is 6. The second-order valence-corrected chi connectivity index (χ2v) is 5.66. The van der Waals surface area contributed by atoms with Gasteiger partial charge in [-0.3, -0.25) is 0 Å². The van der Waals surface area contributed by atoms with Crippen LogP contribution in [-0.4, -0.2) is 20.2 Å². The van der Waals surface area contributed by atoms with Crippen LogP contribution in [0.1, 0.15) is 18.9 Å². The number of nitrogens with zero attached hydrogens (tertiary/aromatic N) is 2. The largest absolute Gasteiger partial charge is 0.508 e. The van der Waals surface area contributed by atoms with Crippen LogP contribution in [0.25, 0.3) is 0 Å². The fourth-order valence-corrected chi connectivity index (χ4v) is 2.38. The van der Waals surface area contributed by atoms with Gasteiger partial charge in [0.2, 0.25) is 5.95 Å². The van der Waals surface area contributed by atoms with E-state index in [1.54, 1.807) is 48.5 Å². The molecular formula is C19H20N4O2. The van der Waals surface area contributed by atoms with E-state index in [1.165, 1.54) is 0 Å². The molecule has 0 bridgehead atoms. The van der Waals surface area contributed by atoms with Crippen molar-refractivity contribution >= 4 is 23.1 Å². The molecule has 0 aliphatic heterocycles. The molecule has 6 nitrogen and oxygen atoms in total. The van der Waals surface area contributed by atoms with Gasteiger partial charge in [0, 0.05) is 23.1 Å². The molecule has 0 spiro atoms. The highest BCUT2D eigenvalue weighted by atomic mass is 16.3. The van der Waals surface area contributed by atoms with E-state index in [1.807, 2.05) is 6.20 Å². The smallest absolute Gasteiger partial charge is 0.229 e. The Morgan fingerprint density at radius 1 is 0.840 bits per heavy atom. The van der Waals surface area contributed by atoms with Gasteiger partial charge in [0.1, 0.15) is 17.3 Å². The summed E-state index contributed by atoms with van der Waals surface area (Å²) < 4.78 is 0. The van der Waals surface area contributed by atoms with E-state index in [4.69, 9.17) is 0 Å². The Labute approximate surface area is 146 Å². The van der Waals surface area contributed by atoms with E-state index < -0.39 is 0 Å². The SMILES string of the molecule is CCCc1cnc(Nc2ccc(O)cc2)nc1Nc1ccc(O)cc1.